The van der Waals surface area contributed by atoms with Crippen molar-refractivity contribution in [2.24, 2.45) is 0 Å². The number of benzene rings is 1. The van der Waals surface area contributed by atoms with Crippen LogP contribution < -0.4 is 16.0 Å². The fourth-order valence-corrected chi connectivity index (χ4v) is 2.73. The highest BCUT2D eigenvalue weighted by Gasteiger charge is 2.49. The van der Waals surface area contributed by atoms with Crippen LogP contribution in [0.25, 0.3) is 0 Å². The summed E-state index contributed by atoms with van der Waals surface area (Å²) in [4.78, 5) is 34.2. The summed E-state index contributed by atoms with van der Waals surface area (Å²) in [7, 11) is 0. The van der Waals surface area contributed by atoms with E-state index in [1.165, 1.54) is 6.92 Å². The van der Waals surface area contributed by atoms with Crippen LogP contribution >= 0.6 is 0 Å². The Hall–Kier alpha value is -2.31. The maximum absolute atomic E-state index is 11.9. The second kappa shape index (κ2) is 4.66. The van der Waals surface area contributed by atoms with E-state index in [1.807, 2.05) is 12.1 Å². The molecule has 1 unspecified atom stereocenters. The standard InChI is InChI=1S/C13H13N3O3.B/c1-7(17)14-10-3-2-8-5-13(6-9(8)4-10)11(18)15-12(19)16-13;/h2-4H,5-6H2,1H3,(H,14,17)(H2,15,16,18,19);. The fraction of sp³-hybridized carbons (Fsp3) is 0.308. The number of carbonyl (C=O) groups is 3. The Morgan fingerprint density at radius 1 is 1.25 bits per heavy atom. The monoisotopic (exact) mass is 270 g/mol. The predicted octanol–water partition coefficient (Wildman–Crippen LogP) is -0.0590. The predicted molar refractivity (Wildman–Crippen MR) is 73.3 cm³/mol. The first-order valence-corrected chi connectivity index (χ1v) is 6.01. The van der Waals surface area contributed by atoms with E-state index < -0.39 is 11.6 Å². The van der Waals surface area contributed by atoms with Gasteiger partial charge in [0.25, 0.3) is 5.91 Å². The van der Waals surface area contributed by atoms with Crippen LogP contribution in [0.15, 0.2) is 18.2 Å². The lowest BCUT2D eigenvalue weighted by atomic mass is 9.96. The molecule has 3 N–H and O–H groups in total. The zero-order valence-electron chi connectivity index (χ0n) is 10.9. The highest BCUT2D eigenvalue weighted by molar-refractivity contribution is 6.07. The molecule has 1 aliphatic carbocycles. The molecular weight excluding hydrogens is 257 g/mol. The number of fused-ring (bicyclic) bond motifs is 1. The van der Waals surface area contributed by atoms with Crippen LogP contribution in [-0.4, -0.2) is 31.8 Å². The molecule has 1 aliphatic heterocycles. The Morgan fingerprint density at radius 2 is 1.95 bits per heavy atom. The van der Waals surface area contributed by atoms with Crippen molar-refractivity contribution in [3.8, 4) is 0 Å². The number of hydrogen-bond donors (Lipinski definition) is 3. The molecule has 3 radical (unpaired) electrons. The summed E-state index contributed by atoms with van der Waals surface area (Å²) in [5, 5.41) is 7.68. The third-order valence-corrected chi connectivity index (χ3v) is 3.53. The van der Waals surface area contributed by atoms with E-state index in [-0.39, 0.29) is 20.2 Å². The molecule has 1 spiro atoms. The van der Waals surface area contributed by atoms with Gasteiger partial charge in [0.15, 0.2) is 0 Å². The van der Waals surface area contributed by atoms with E-state index in [2.05, 4.69) is 16.0 Å². The van der Waals surface area contributed by atoms with Gasteiger partial charge in [-0.05, 0) is 23.3 Å². The molecule has 1 aromatic rings. The fourth-order valence-electron chi connectivity index (χ4n) is 2.73. The van der Waals surface area contributed by atoms with Crippen LogP contribution in [0.1, 0.15) is 18.1 Å². The minimum atomic E-state index is -0.853. The number of urea groups is 1. The first kappa shape index (κ1) is 14.1. The number of carbonyl (C=O) groups excluding carboxylic acids is 3. The first-order chi connectivity index (χ1) is 8.98. The van der Waals surface area contributed by atoms with Gasteiger partial charge >= 0.3 is 6.03 Å². The normalized spacial score (nSPS) is 22.9. The van der Waals surface area contributed by atoms with E-state index in [0.717, 1.165) is 11.1 Å². The molecule has 6 nitrogen and oxygen atoms in total. The summed E-state index contributed by atoms with van der Waals surface area (Å²) in [6.45, 7) is 1.44. The molecule has 101 valence electrons. The average Bonchev–Trinajstić information content (AvgIpc) is 2.78. The number of imide groups is 1. The van der Waals surface area contributed by atoms with Gasteiger partial charge in [0.05, 0.1) is 0 Å². The molecule has 0 bridgehead atoms. The quantitative estimate of drug-likeness (QED) is 0.493. The first-order valence-electron chi connectivity index (χ1n) is 6.01. The molecule has 20 heavy (non-hydrogen) atoms. The molecule has 2 aliphatic rings. The number of anilines is 1. The van der Waals surface area contributed by atoms with Crippen molar-refractivity contribution >= 4 is 31.9 Å². The second-order valence-corrected chi connectivity index (χ2v) is 5.01. The lowest BCUT2D eigenvalue weighted by Gasteiger charge is -2.18. The minimum absolute atomic E-state index is 0. The highest BCUT2D eigenvalue weighted by Crippen LogP contribution is 2.33. The highest BCUT2D eigenvalue weighted by atomic mass is 16.2. The maximum atomic E-state index is 11.9. The lowest BCUT2D eigenvalue weighted by molar-refractivity contribution is -0.123. The Labute approximate surface area is 117 Å². The summed E-state index contributed by atoms with van der Waals surface area (Å²) in [5.74, 6) is -0.422. The summed E-state index contributed by atoms with van der Waals surface area (Å²) >= 11 is 0. The van der Waals surface area contributed by atoms with Crippen LogP contribution in [0.2, 0.25) is 0 Å². The van der Waals surface area contributed by atoms with Gasteiger partial charge in [-0.1, -0.05) is 6.07 Å². The molecule has 3 rings (SSSR count). The van der Waals surface area contributed by atoms with Gasteiger partial charge in [-0.15, -0.1) is 0 Å². The van der Waals surface area contributed by atoms with Crippen molar-refractivity contribution in [3.05, 3.63) is 29.3 Å². The van der Waals surface area contributed by atoms with E-state index in [4.69, 9.17) is 0 Å². The molecule has 1 aromatic carbocycles. The van der Waals surface area contributed by atoms with Crippen molar-refractivity contribution in [1.29, 1.82) is 0 Å². The van der Waals surface area contributed by atoms with Gasteiger partial charge in [0.2, 0.25) is 5.91 Å². The van der Waals surface area contributed by atoms with Gasteiger partial charge in [-0.2, -0.15) is 0 Å². The van der Waals surface area contributed by atoms with Crippen molar-refractivity contribution < 1.29 is 14.4 Å². The Balaban J connectivity index is 0.00000147. The lowest BCUT2D eigenvalue weighted by Crippen LogP contribution is -2.47. The Bertz CT molecular complexity index is 617. The van der Waals surface area contributed by atoms with Crippen LogP contribution in [0, 0.1) is 0 Å². The molecule has 7 heteroatoms. The van der Waals surface area contributed by atoms with Crippen molar-refractivity contribution in [1.82, 2.24) is 10.6 Å². The smallest absolute Gasteiger partial charge is 0.322 e. The minimum Gasteiger partial charge on any atom is -0.326 e. The zero-order chi connectivity index (χ0) is 13.6. The SMILES string of the molecule is CC(=O)Nc1ccc2c(c1)CC1(C2)NC(=O)NC1=O.[B]. The van der Waals surface area contributed by atoms with E-state index in [9.17, 15) is 14.4 Å². The van der Waals surface area contributed by atoms with Crippen molar-refractivity contribution in [2.45, 2.75) is 25.3 Å². The molecule has 1 heterocycles. The Morgan fingerprint density at radius 3 is 2.55 bits per heavy atom. The summed E-state index contributed by atoms with van der Waals surface area (Å²) < 4.78 is 0. The number of amides is 4. The third kappa shape index (κ3) is 2.15. The number of nitrogens with one attached hydrogen (secondary N) is 3. The maximum Gasteiger partial charge on any atom is 0.322 e. The Kier molecular flexibility index (Phi) is 3.29. The summed E-state index contributed by atoms with van der Waals surface area (Å²) in [6, 6.07) is 5.09. The molecule has 1 fully saturated rings. The van der Waals surface area contributed by atoms with Gasteiger partial charge in [0.1, 0.15) is 5.54 Å². The van der Waals surface area contributed by atoms with E-state index in [0.29, 0.717) is 18.5 Å². The van der Waals surface area contributed by atoms with Crippen LogP contribution in [-0.2, 0) is 22.4 Å². The van der Waals surface area contributed by atoms with Gasteiger partial charge < -0.3 is 10.6 Å². The van der Waals surface area contributed by atoms with Crippen LogP contribution in [0.3, 0.4) is 0 Å². The van der Waals surface area contributed by atoms with Crippen LogP contribution in [0.4, 0.5) is 10.5 Å². The van der Waals surface area contributed by atoms with E-state index in [1.54, 1.807) is 6.07 Å². The summed E-state index contributed by atoms with van der Waals surface area (Å²) in [6.07, 6.45) is 0.938. The largest absolute Gasteiger partial charge is 0.326 e. The van der Waals surface area contributed by atoms with Gasteiger partial charge in [-0.25, -0.2) is 4.79 Å². The zero-order valence-corrected chi connectivity index (χ0v) is 10.9. The van der Waals surface area contributed by atoms with Gasteiger partial charge in [0, 0.05) is 33.9 Å². The second-order valence-electron chi connectivity index (χ2n) is 5.01. The summed E-state index contributed by atoms with van der Waals surface area (Å²) in [5.41, 5.74) is 1.84. The molecule has 1 saturated heterocycles. The van der Waals surface area contributed by atoms with Crippen molar-refractivity contribution in [3.63, 3.8) is 0 Å². The molecule has 0 aromatic heterocycles. The topological polar surface area (TPSA) is 87.3 Å². The molecule has 4 amide bonds. The number of rotatable bonds is 1. The van der Waals surface area contributed by atoms with Gasteiger partial charge in [-0.3, -0.25) is 14.9 Å². The molecule has 0 saturated carbocycles. The number of hydrogen-bond acceptors (Lipinski definition) is 3. The molecular formula is C13H13BN3O3. The third-order valence-electron chi connectivity index (χ3n) is 3.53. The van der Waals surface area contributed by atoms with Crippen LogP contribution in [0.5, 0.6) is 0 Å². The van der Waals surface area contributed by atoms with Crippen molar-refractivity contribution in [2.75, 3.05) is 5.32 Å². The average molecular weight is 270 g/mol. The molecule has 1 atom stereocenters. The van der Waals surface area contributed by atoms with E-state index >= 15 is 0 Å².